The molecule has 0 saturated carbocycles. The first-order valence-electron chi connectivity index (χ1n) is 8.00. The van der Waals surface area contributed by atoms with E-state index in [9.17, 15) is 0 Å². The summed E-state index contributed by atoms with van der Waals surface area (Å²) in [6.07, 6.45) is 12.0. The third-order valence-electron chi connectivity index (χ3n) is 4.69. The molecule has 1 atom stereocenters. The fourth-order valence-electron chi connectivity index (χ4n) is 3.82. The summed E-state index contributed by atoms with van der Waals surface area (Å²) in [7, 11) is 0. The van der Waals surface area contributed by atoms with Crippen molar-refractivity contribution in [3.8, 4) is 5.75 Å². The van der Waals surface area contributed by atoms with Crippen LogP contribution in [0.2, 0.25) is 5.02 Å². The molecule has 0 amide bonds. The standard InChI is InChI=1S/C19H20ClNO/c1-2-9-21-12-15-5-3-4-6-17(15)19(13-21)11-14-7-8-16(20)10-18(14)22-19/h3-4,6-8,10,12H,2,5,9,11,13H2,1H3. The third-order valence-corrected chi connectivity index (χ3v) is 4.93. The molecular formula is C19H20ClNO. The molecule has 1 aliphatic carbocycles. The van der Waals surface area contributed by atoms with Crippen molar-refractivity contribution in [2.75, 3.05) is 13.1 Å². The van der Waals surface area contributed by atoms with E-state index in [1.807, 2.05) is 12.1 Å². The molecular weight excluding hydrogens is 294 g/mol. The maximum atomic E-state index is 6.49. The SMILES string of the molecule is CCCN1C=C2CC=CC=C2C2(Cc3ccc(Cl)cc3O2)C1. The van der Waals surface area contributed by atoms with Gasteiger partial charge in [-0.1, -0.05) is 42.8 Å². The molecule has 3 aliphatic rings. The van der Waals surface area contributed by atoms with E-state index in [0.29, 0.717) is 0 Å². The first kappa shape index (κ1) is 14.0. The van der Waals surface area contributed by atoms with Crippen LogP contribution in [-0.2, 0) is 6.42 Å². The summed E-state index contributed by atoms with van der Waals surface area (Å²) >= 11 is 6.14. The molecule has 1 spiro atoms. The van der Waals surface area contributed by atoms with Crippen LogP contribution in [-0.4, -0.2) is 23.6 Å². The molecule has 1 aromatic rings. The number of halogens is 1. The summed E-state index contributed by atoms with van der Waals surface area (Å²) in [6, 6.07) is 6.02. The largest absolute Gasteiger partial charge is 0.480 e. The molecule has 114 valence electrons. The Bertz CT molecular complexity index is 703. The summed E-state index contributed by atoms with van der Waals surface area (Å²) in [5.74, 6) is 0.945. The number of nitrogens with zero attached hydrogens (tertiary/aromatic N) is 1. The van der Waals surface area contributed by atoms with E-state index in [1.165, 1.54) is 16.7 Å². The lowest BCUT2D eigenvalue weighted by molar-refractivity contribution is 0.0900. The van der Waals surface area contributed by atoms with Crippen molar-refractivity contribution in [2.45, 2.75) is 31.8 Å². The van der Waals surface area contributed by atoms with Gasteiger partial charge in [0.15, 0.2) is 5.60 Å². The summed E-state index contributed by atoms with van der Waals surface area (Å²) in [5.41, 5.74) is 3.74. The quantitative estimate of drug-likeness (QED) is 0.796. The van der Waals surface area contributed by atoms with Crippen LogP contribution in [0.15, 0.2) is 53.8 Å². The average molecular weight is 314 g/mol. The summed E-state index contributed by atoms with van der Waals surface area (Å²) in [4.78, 5) is 2.42. The molecule has 4 rings (SSSR count). The predicted molar refractivity (Wildman–Crippen MR) is 90.3 cm³/mol. The lowest BCUT2D eigenvalue weighted by atomic mass is 9.79. The Morgan fingerprint density at radius 2 is 2.27 bits per heavy atom. The topological polar surface area (TPSA) is 12.5 Å². The van der Waals surface area contributed by atoms with E-state index in [1.54, 1.807) is 0 Å². The van der Waals surface area contributed by atoms with Crippen molar-refractivity contribution in [2.24, 2.45) is 0 Å². The van der Waals surface area contributed by atoms with E-state index < -0.39 is 0 Å². The molecule has 2 aliphatic heterocycles. The zero-order valence-corrected chi connectivity index (χ0v) is 13.6. The Morgan fingerprint density at radius 1 is 1.36 bits per heavy atom. The Morgan fingerprint density at radius 3 is 3.14 bits per heavy atom. The molecule has 3 heteroatoms. The van der Waals surface area contributed by atoms with Crippen LogP contribution in [0, 0.1) is 0 Å². The van der Waals surface area contributed by atoms with Crippen molar-refractivity contribution >= 4 is 11.6 Å². The average Bonchev–Trinajstić information content (AvgIpc) is 2.85. The van der Waals surface area contributed by atoms with E-state index >= 15 is 0 Å². The van der Waals surface area contributed by atoms with Gasteiger partial charge >= 0.3 is 0 Å². The Hall–Kier alpha value is -1.67. The summed E-state index contributed by atoms with van der Waals surface area (Å²) < 4.78 is 6.49. The van der Waals surface area contributed by atoms with E-state index in [2.05, 4.69) is 42.3 Å². The van der Waals surface area contributed by atoms with Crippen molar-refractivity contribution in [3.05, 3.63) is 64.4 Å². The normalized spacial score (nSPS) is 25.5. The second-order valence-electron chi connectivity index (χ2n) is 6.36. The molecule has 0 N–H and O–H groups in total. The van der Waals surface area contributed by atoms with Gasteiger partial charge in [0.25, 0.3) is 0 Å². The van der Waals surface area contributed by atoms with Crippen LogP contribution in [0.25, 0.3) is 0 Å². The van der Waals surface area contributed by atoms with E-state index in [0.717, 1.165) is 43.1 Å². The fraction of sp³-hybridized carbons (Fsp3) is 0.368. The highest BCUT2D eigenvalue weighted by molar-refractivity contribution is 6.30. The Kier molecular flexibility index (Phi) is 3.30. The first-order valence-corrected chi connectivity index (χ1v) is 8.38. The van der Waals surface area contributed by atoms with Gasteiger partial charge < -0.3 is 9.64 Å². The maximum absolute atomic E-state index is 6.49. The molecule has 0 aromatic heterocycles. The van der Waals surface area contributed by atoms with Gasteiger partial charge in [0.05, 0.1) is 6.54 Å². The second kappa shape index (κ2) is 5.20. The second-order valence-corrected chi connectivity index (χ2v) is 6.80. The maximum Gasteiger partial charge on any atom is 0.156 e. The molecule has 1 aromatic carbocycles. The van der Waals surface area contributed by atoms with E-state index in [4.69, 9.17) is 16.3 Å². The van der Waals surface area contributed by atoms with Gasteiger partial charge in [0, 0.05) is 29.8 Å². The van der Waals surface area contributed by atoms with Crippen LogP contribution in [0.5, 0.6) is 5.75 Å². The highest BCUT2D eigenvalue weighted by Crippen LogP contribution is 2.46. The number of rotatable bonds is 2. The van der Waals surface area contributed by atoms with Crippen LogP contribution >= 0.6 is 11.6 Å². The Balaban J connectivity index is 1.76. The highest BCUT2D eigenvalue weighted by atomic mass is 35.5. The van der Waals surface area contributed by atoms with Gasteiger partial charge in [0.2, 0.25) is 0 Å². The predicted octanol–water partition coefficient (Wildman–Crippen LogP) is 4.51. The molecule has 2 nitrogen and oxygen atoms in total. The number of fused-ring (bicyclic) bond motifs is 3. The third kappa shape index (κ3) is 2.17. The van der Waals surface area contributed by atoms with Crippen molar-refractivity contribution in [3.63, 3.8) is 0 Å². The smallest absolute Gasteiger partial charge is 0.156 e. The number of ether oxygens (including phenoxy) is 1. The number of hydrogen-bond acceptors (Lipinski definition) is 2. The monoisotopic (exact) mass is 313 g/mol. The molecule has 0 saturated heterocycles. The number of benzene rings is 1. The zero-order valence-electron chi connectivity index (χ0n) is 12.8. The van der Waals surface area contributed by atoms with Crippen molar-refractivity contribution in [1.82, 2.24) is 4.90 Å². The molecule has 0 bridgehead atoms. The molecule has 2 heterocycles. The van der Waals surface area contributed by atoms with Gasteiger partial charge in [-0.05, 0) is 36.1 Å². The lowest BCUT2D eigenvalue weighted by Crippen LogP contribution is -2.50. The molecule has 0 fully saturated rings. The van der Waals surface area contributed by atoms with Gasteiger partial charge in [-0.2, -0.15) is 0 Å². The van der Waals surface area contributed by atoms with Crippen molar-refractivity contribution < 1.29 is 4.74 Å². The fourth-order valence-corrected chi connectivity index (χ4v) is 3.98. The van der Waals surface area contributed by atoms with E-state index in [-0.39, 0.29) is 5.60 Å². The summed E-state index contributed by atoms with van der Waals surface area (Å²) in [6.45, 7) is 4.21. The van der Waals surface area contributed by atoms with Crippen LogP contribution < -0.4 is 4.74 Å². The highest BCUT2D eigenvalue weighted by Gasteiger charge is 2.47. The minimum absolute atomic E-state index is 0.253. The number of allylic oxidation sites excluding steroid dienone is 3. The Labute approximate surface area is 136 Å². The first-order chi connectivity index (χ1) is 10.7. The summed E-state index contributed by atoms with van der Waals surface area (Å²) in [5, 5.41) is 0.741. The van der Waals surface area contributed by atoms with Gasteiger partial charge in [-0.3, -0.25) is 0 Å². The van der Waals surface area contributed by atoms with Crippen LogP contribution in [0.1, 0.15) is 25.3 Å². The molecule has 0 radical (unpaired) electrons. The number of hydrogen-bond donors (Lipinski definition) is 0. The van der Waals surface area contributed by atoms with Crippen molar-refractivity contribution in [1.29, 1.82) is 0 Å². The zero-order chi connectivity index (χ0) is 15.2. The molecule has 22 heavy (non-hydrogen) atoms. The van der Waals surface area contributed by atoms with Gasteiger partial charge in [-0.15, -0.1) is 0 Å². The lowest BCUT2D eigenvalue weighted by Gasteiger charge is -2.42. The van der Waals surface area contributed by atoms with Gasteiger partial charge in [-0.25, -0.2) is 0 Å². The van der Waals surface area contributed by atoms with Gasteiger partial charge in [0.1, 0.15) is 5.75 Å². The van der Waals surface area contributed by atoms with Crippen LogP contribution in [0.4, 0.5) is 0 Å². The molecule has 1 unspecified atom stereocenters. The minimum atomic E-state index is -0.253. The van der Waals surface area contributed by atoms with Crippen LogP contribution in [0.3, 0.4) is 0 Å². The minimum Gasteiger partial charge on any atom is -0.480 e.